The van der Waals surface area contributed by atoms with Crippen LogP contribution in [-0.4, -0.2) is 43.9 Å². The molecule has 0 bridgehead atoms. The van der Waals surface area contributed by atoms with Gasteiger partial charge in [0.2, 0.25) is 0 Å². The molecule has 2 rings (SSSR count). The van der Waals surface area contributed by atoms with Crippen LogP contribution in [0.2, 0.25) is 0 Å². The molecule has 1 fully saturated rings. The standard InChI is InChI=1S/C14H22N4O3/c1-9-11(10(2)17(4)16-9)8-15-13(21)18-7-5-6-14(18,3)12(19)20/h5-8H2,1-4H3,(H,15,21)(H,19,20). The minimum atomic E-state index is -1.11. The topological polar surface area (TPSA) is 87.5 Å². The minimum Gasteiger partial charge on any atom is -0.480 e. The normalized spacial score (nSPS) is 21.6. The number of hydrogen-bond acceptors (Lipinski definition) is 3. The molecule has 0 aliphatic carbocycles. The van der Waals surface area contributed by atoms with Crippen molar-refractivity contribution < 1.29 is 14.7 Å². The Morgan fingerprint density at radius 1 is 1.43 bits per heavy atom. The number of hydrogen-bond donors (Lipinski definition) is 2. The summed E-state index contributed by atoms with van der Waals surface area (Å²) in [5, 5.41) is 16.5. The number of carboxylic acids is 1. The van der Waals surface area contributed by atoms with Gasteiger partial charge in [0.25, 0.3) is 0 Å². The molecule has 1 aromatic rings. The van der Waals surface area contributed by atoms with Crippen LogP contribution in [0.25, 0.3) is 0 Å². The van der Waals surface area contributed by atoms with Gasteiger partial charge in [0.05, 0.1) is 5.69 Å². The number of nitrogens with one attached hydrogen (secondary N) is 1. The maximum absolute atomic E-state index is 12.3. The SMILES string of the molecule is Cc1nn(C)c(C)c1CNC(=O)N1CCCC1(C)C(=O)O. The van der Waals surface area contributed by atoms with Gasteiger partial charge in [-0.15, -0.1) is 0 Å². The lowest BCUT2D eigenvalue weighted by atomic mass is 10.00. The number of nitrogens with zero attached hydrogens (tertiary/aromatic N) is 3. The number of likely N-dealkylation sites (tertiary alicyclic amines) is 1. The molecule has 7 heteroatoms. The highest BCUT2D eigenvalue weighted by Crippen LogP contribution is 2.29. The van der Waals surface area contributed by atoms with Crippen molar-refractivity contribution in [2.45, 2.75) is 45.7 Å². The lowest BCUT2D eigenvalue weighted by Crippen LogP contribution is -2.53. The van der Waals surface area contributed by atoms with Crippen molar-refractivity contribution in [1.82, 2.24) is 20.0 Å². The maximum atomic E-state index is 12.3. The van der Waals surface area contributed by atoms with Crippen LogP contribution in [0.15, 0.2) is 0 Å². The van der Waals surface area contributed by atoms with Gasteiger partial charge in [-0.2, -0.15) is 5.10 Å². The fourth-order valence-electron chi connectivity index (χ4n) is 2.84. The number of carbonyl (C=O) groups is 2. The van der Waals surface area contributed by atoms with Gasteiger partial charge in [-0.1, -0.05) is 0 Å². The summed E-state index contributed by atoms with van der Waals surface area (Å²) in [6.45, 7) is 6.27. The number of aryl methyl sites for hydroxylation is 2. The first-order valence-electron chi connectivity index (χ1n) is 7.05. The predicted octanol–water partition coefficient (Wildman–Crippen LogP) is 1.19. The summed E-state index contributed by atoms with van der Waals surface area (Å²) in [6.07, 6.45) is 1.20. The Bertz CT molecular complexity index is 581. The van der Waals surface area contributed by atoms with Crippen molar-refractivity contribution in [3.05, 3.63) is 17.0 Å². The van der Waals surface area contributed by atoms with E-state index in [-0.39, 0.29) is 6.03 Å². The minimum absolute atomic E-state index is 0.333. The Morgan fingerprint density at radius 3 is 2.62 bits per heavy atom. The second kappa shape index (κ2) is 5.38. The zero-order valence-corrected chi connectivity index (χ0v) is 12.9. The Balaban J connectivity index is 2.07. The van der Waals surface area contributed by atoms with Crippen LogP contribution in [-0.2, 0) is 18.4 Å². The fourth-order valence-corrected chi connectivity index (χ4v) is 2.84. The second-order valence-electron chi connectivity index (χ2n) is 5.77. The molecule has 1 aliphatic rings. The van der Waals surface area contributed by atoms with Crippen molar-refractivity contribution in [2.24, 2.45) is 7.05 Å². The Labute approximate surface area is 123 Å². The second-order valence-corrected chi connectivity index (χ2v) is 5.77. The van der Waals surface area contributed by atoms with E-state index in [0.717, 1.165) is 17.0 Å². The largest absolute Gasteiger partial charge is 0.480 e. The first-order valence-corrected chi connectivity index (χ1v) is 7.05. The molecule has 1 aromatic heterocycles. The van der Waals surface area contributed by atoms with Gasteiger partial charge in [0.1, 0.15) is 5.54 Å². The fraction of sp³-hybridized carbons (Fsp3) is 0.643. The summed E-state index contributed by atoms with van der Waals surface area (Å²) >= 11 is 0. The molecular weight excluding hydrogens is 272 g/mol. The summed E-state index contributed by atoms with van der Waals surface area (Å²) in [5.41, 5.74) is 1.73. The molecule has 1 aliphatic heterocycles. The third-order valence-electron chi connectivity index (χ3n) is 4.42. The quantitative estimate of drug-likeness (QED) is 0.876. The van der Waals surface area contributed by atoms with Gasteiger partial charge in [-0.05, 0) is 33.6 Å². The van der Waals surface area contributed by atoms with Gasteiger partial charge in [0, 0.05) is 31.4 Å². The molecule has 2 heterocycles. The zero-order chi connectivity index (χ0) is 15.8. The summed E-state index contributed by atoms with van der Waals surface area (Å²) in [7, 11) is 1.86. The van der Waals surface area contributed by atoms with Gasteiger partial charge in [-0.3, -0.25) is 4.68 Å². The molecule has 0 aromatic carbocycles. The highest BCUT2D eigenvalue weighted by molar-refractivity contribution is 5.86. The van der Waals surface area contributed by atoms with Crippen molar-refractivity contribution in [3.8, 4) is 0 Å². The Kier molecular flexibility index (Phi) is 3.93. The molecule has 7 nitrogen and oxygen atoms in total. The highest BCUT2D eigenvalue weighted by atomic mass is 16.4. The maximum Gasteiger partial charge on any atom is 0.329 e. The molecule has 0 radical (unpaired) electrons. The van der Waals surface area contributed by atoms with E-state index < -0.39 is 11.5 Å². The number of urea groups is 1. The zero-order valence-electron chi connectivity index (χ0n) is 12.9. The number of aliphatic carboxylic acids is 1. The van der Waals surface area contributed by atoms with E-state index >= 15 is 0 Å². The van der Waals surface area contributed by atoms with E-state index in [9.17, 15) is 14.7 Å². The lowest BCUT2D eigenvalue weighted by Gasteiger charge is -2.31. The van der Waals surface area contributed by atoms with Crippen molar-refractivity contribution in [3.63, 3.8) is 0 Å². The highest BCUT2D eigenvalue weighted by Gasteiger charge is 2.45. The van der Waals surface area contributed by atoms with Crippen LogP contribution in [0.1, 0.15) is 36.7 Å². The van der Waals surface area contributed by atoms with E-state index in [4.69, 9.17) is 0 Å². The molecule has 21 heavy (non-hydrogen) atoms. The van der Waals surface area contributed by atoms with Crippen LogP contribution in [0.4, 0.5) is 4.79 Å². The molecule has 116 valence electrons. The Morgan fingerprint density at radius 2 is 2.10 bits per heavy atom. The first kappa shape index (κ1) is 15.3. The third-order valence-corrected chi connectivity index (χ3v) is 4.42. The molecule has 1 saturated heterocycles. The number of amides is 2. The summed E-state index contributed by atoms with van der Waals surface area (Å²) in [4.78, 5) is 25.1. The monoisotopic (exact) mass is 294 g/mol. The smallest absolute Gasteiger partial charge is 0.329 e. The number of carboxylic acid groups (broad SMARTS) is 1. The summed E-state index contributed by atoms with van der Waals surface area (Å²) < 4.78 is 1.77. The Hall–Kier alpha value is -2.05. The van der Waals surface area contributed by atoms with Gasteiger partial charge in [-0.25, -0.2) is 9.59 Å². The van der Waals surface area contributed by atoms with Crippen LogP contribution in [0, 0.1) is 13.8 Å². The van der Waals surface area contributed by atoms with Crippen LogP contribution in [0.5, 0.6) is 0 Å². The van der Waals surface area contributed by atoms with Gasteiger partial charge < -0.3 is 15.3 Å². The summed E-state index contributed by atoms with van der Waals surface area (Å²) in [6, 6.07) is -0.333. The molecular formula is C14H22N4O3. The predicted molar refractivity (Wildman–Crippen MR) is 76.9 cm³/mol. The van der Waals surface area contributed by atoms with Crippen LogP contribution < -0.4 is 5.32 Å². The third kappa shape index (κ3) is 2.59. The molecule has 0 spiro atoms. The van der Waals surface area contributed by atoms with Crippen molar-refractivity contribution >= 4 is 12.0 Å². The van der Waals surface area contributed by atoms with Crippen molar-refractivity contribution in [2.75, 3.05) is 6.54 Å². The van der Waals surface area contributed by atoms with Gasteiger partial charge >= 0.3 is 12.0 Å². The van der Waals surface area contributed by atoms with E-state index in [0.29, 0.717) is 25.9 Å². The number of carbonyl (C=O) groups excluding carboxylic acids is 1. The average Bonchev–Trinajstić information content (AvgIpc) is 2.91. The molecule has 2 N–H and O–H groups in total. The van der Waals surface area contributed by atoms with E-state index in [2.05, 4.69) is 10.4 Å². The van der Waals surface area contributed by atoms with E-state index in [1.807, 2.05) is 20.9 Å². The molecule has 0 saturated carbocycles. The van der Waals surface area contributed by atoms with Crippen LogP contribution >= 0.6 is 0 Å². The molecule has 1 unspecified atom stereocenters. The lowest BCUT2D eigenvalue weighted by molar-refractivity contribution is -0.147. The van der Waals surface area contributed by atoms with Crippen LogP contribution in [0.3, 0.4) is 0 Å². The van der Waals surface area contributed by atoms with E-state index in [1.54, 1.807) is 11.6 Å². The molecule has 2 amide bonds. The average molecular weight is 294 g/mol. The first-order chi connectivity index (χ1) is 9.77. The molecule has 1 atom stereocenters. The number of aromatic nitrogens is 2. The van der Waals surface area contributed by atoms with Gasteiger partial charge in [0.15, 0.2) is 0 Å². The van der Waals surface area contributed by atoms with Crippen molar-refractivity contribution in [1.29, 1.82) is 0 Å². The summed E-state index contributed by atoms with van der Waals surface area (Å²) in [5.74, 6) is -0.955. The number of rotatable bonds is 3. The van der Waals surface area contributed by atoms with E-state index in [1.165, 1.54) is 4.90 Å².